The summed E-state index contributed by atoms with van der Waals surface area (Å²) in [6, 6.07) is 24.9. The molecule has 0 bridgehead atoms. The minimum absolute atomic E-state index is 0.0238. The predicted molar refractivity (Wildman–Crippen MR) is 258 cm³/mol. The van der Waals surface area contributed by atoms with Crippen LogP contribution in [0.25, 0.3) is 22.2 Å². The number of fused-ring (bicyclic) bond motifs is 1. The molecule has 2 fully saturated rings. The third-order valence-corrected chi connectivity index (χ3v) is 15.0. The second kappa shape index (κ2) is 20.4. The van der Waals surface area contributed by atoms with Gasteiger partial charge in [0.2, 0.25) is 0 Å². The first kappa shape index (κ1) is 48.6. The van der Waals surface area contributed by atoms with Crippen LogP contribution in [0.15, 0.2) is 113 Å². The van der Waals surface area contributed by atoms with Gasteiger partial charge in [-0.3, -0.25) is 9.69 Å². The standard InChI is InChI=1S/C47H51ClF3N9O6S2/c1-57(2)19-3-15-53-42-13-10-39(29-44(42)67(62,63)47(49,50)51)68(64,65)56-46(61)41-12-9-37(28-43(41)66-38-27-33-14-16-54-45(33)55-30-38)60-24-22-58(23-25-60)31-34-26-36(59-20-17-52-18-21-59)8-11-40(34)32-4-6-35(48)7-5-32/h4-14,16,26-30,52-53H,3,15,17-25,31H2,1-2H3,(H,54,55)(H,56,61). The topological polar surface area (TPSA) is 172 Å². The van der Waals surface area contributed by atoms with Crippen molar-refractivity contribution >= 4 is 65.5 Å². The van der Waals surface area contributed by atoms with Crippen molar-refractivity contribution in [3.8, 4) is 22.6 Å². The number of amides is 1. The Kier molecular flexibility index (Phi) is 14.5. The van der Waals surface area contributed by atoms with Crippen LogP contribution in [-0.4, -0.2) is 128 Å². The number of ether oxygens (including phenoxy) is 1. The van der Waals surface area contributed by atoms with E-state index < -0.39 is 46.8 Å². The summed E-state index contributed by atoms with van der Waals surface area (Å²) in [7, 11) is -7.39. The van der Waals surface area contributed by atoms with Gasteiger partial charge in [0.25, 0.3) is 25.8 Å². The van der Waals surface area contributed by atoms with Gasteiger partial charge in [-0.25, -0.2) is 26.5 Å². The van der Waals surface area contributed by atoms with E-state index in [9.17, 15) is 34.8 Å². The minimum Gasteiger partial charge on any atom is -0.455 e. The number of rotatable bonds is 16. The van der Waals surface area contributed by atoms with Crippen LogP contribution in [-0.2, 0) is 26.4 Å². The molecule has 2 saturated heterocycles. The van der Waals surface area contributed by atoms with Crippen molar-refractivity contribution in [2.75, 3.05) is 94.7 Å². The number of sulfonamides is 1. The summed E-state index contributed by atoms with van der Waals surface area (Å²) in [5.74, 6) is -0.951. The van der Waals surface area contributed by atoms with Crippen LogP contribution in [0.5, 0.6) is 11.5 Å². The zero-order chi connectivity index (χ0) is 48.2. The number of benzene rings is 4. The van der Waals surface area contributed by atoms with Crippen LogP contribution in [0.1, 0.15) is 22.3 Å². The lowest BCUT2D eigenvalue weighted by atomic mass is 9.98. The van der Waals surface area contributed by atoms with E-state index in [-0.39, 0.29) is 23.6 Å². The van der Waals surface area contributed by atoms with Crippen LogP contribution < -0.4 is 29.9 Å². The van der Waals surface area contributed by atoms with Crippen LogP contribution in [0.3, 0.4) is 0 Å². The molecule has 21 heteroatoms. The van der Waals surface area contributed by atoms with Gasteiger partial charge < -0.3 is 35.1 Å². The highest BCUT2D eigenvalue weighted by atomic mass is 35.5. The Morgan fingerprint density at radius 2 is 1.56 bits per heavy atom. The molecule has 0 spiro atoms. The Morgan fingerprint density at radius 3 is 2.28 bits per heavy atom. The summed E-state index contributed by atoms with van der Waals surface area (Å²) in [6.45, 7) is 7.61. The molecule has 2 aliphatic rings. The molecule has 2 aromatic heterocycles. The first-order valence-corrected chi connectivity index (χ1v) is 25.3. The maximum absolute atomic E-state index is 14.0. The number of hydrogen-bond acceptors (Lipinski definition) is 13. The third-order valence-electron chi connectivity index (χ3n) is 11.9. The van der Waals surface area contributed by atoms with E-state index in [0.717, 1.165) is 49.4 Å². The molecular weight excluding hydrogens is 943 g/mol. The molecule has 0 unspecified atom stereocenters. The second-order valence-corrected chi connectivity index (χ2v) is 20.9. The SMILES string of the molecule is CN(C)CCCNc1ccc(S(=O)(=O)NC(=O)c2ccc(N3CCN(Cc4cc(N5CCNCC5)ccc4-c4ccc(Cl)cc4)CC3)cc2Oc2cnc3[nH]ccc3c2)cc1S(=O)(=O)C(F)(F)F. The van der Waals surface area contributed by atoms with Gasteiger partial charge in [0, 0.05) is 99.5 Å². The second-order valence-electron chi connectivity index (χ2n) is 16.8. The number of carbonyl (C=O) groups is 1. The molecule has 4 N–H and O–H groups in total. The normalized spacial score (nSPS) is 15.2. The number of nitrogens with zero attached hydrogens (tertiary/aromatic N) is 5. The van der Waals surface area contributed by atoms with Crippen molar-refractivity contribution in [1.82, 2.24) is 29.8 Å². The number of carbonyl (C=O) groups excluding carboxylic acids is 1. The summed E-state index contributed by atoms with van der Waals surface area (Å²) < 4.78 is 103. The number of H-pyrrole nitrogens is 1. The monoisotopic (exact) mass is 993 g/mol. The molecular formula is C47H51ClF3N9O6S2. The Labute approximate surface area is 398 Å². The van der Waals surface area contributed by atoms with Crippen molar-refractivity contribution in [2.24, 2.45) is 0 Å². The fourth-order valence-electron chi connectivity index (χ4n) is 8.25. The molecule has 68 heavy (non-hydrogen) atoms. The maximum atomic E-state index is 14.0. The van der Waals surface area contributed by atoms with Gasteiger partial charge in [0.15, 0.2) is 0 Å². The number of hydrogen-bond donors (Lipinski definition) is 4. The average Bonchev–Trinajstić information content (AvgIpc) is 3.79. The Morgan fingerprint density at radius 1 is 0.853 bits per heavy atom. The molecule has 6 aromatic rings. The highest BCUT2D eigenvalue weighted by Crippen LogP contribution is 2.37. The molecule has 0 saturated carbocycles. The third kappa shape index (κ3) is 11.2. The lowest BCUT2D eigenvalue weighted by Crippen LogP contribution is -2.46. The Hall–Kier alpha value is -5.90. The summed E-state index contributed by atoms with van der Waals surface area (Å²) in [5.41, 5.74) is -0.563. The van der Waals surface area contributed by atoms with Crippen LogP contribution in [0, 0.1) is 0 Å². The molecule has 15 nitrogen and oxygen atoms in total. The van der Waals surface area contributed by atoms with E-state index in [2.05, 4.69) is 53.5 Å². The van der Waals surface area contributed by atoms with Crippen molar-refractivity contribution in [1.29, 1.82) is 0 Å². The molecule has 0 aliphatic carbocycles. The number of halogens is 4. The van der Waals surface area contributed by atoms with E-state index in [4.69, 9.17) is 16.3 Å². The smallest absolute Gasteiger partial charge is 0.455 e. The lowest BCUT2D eigenvalue weighted by Gasteiger charge is -2.37. The molecule has 4 heterocycles. The van der Waals surface area contributed by atoms with Crippen molar-refractivity contribution in [2.45, 2.75) is 28.3 Å². The molecule has 1 amide bonds. The van der Waals surface area contributed by atoms with Gasteiger partial charge in [-0.1, -0.05) is 29.8 Å². The first-order valence-electron chi connectivity index (χ1n) is 21.9. The Balaban J connectivity index is 1.04. The van der Waals surface area contributed by atoms with Crippen molar-refractivity contribution in [3.05, 3.63) is 120 Å². The Bertz CT molecular complexity index is 3000. The predicted octanol–water partition coefficient (Wildman–Crippen LogP) is 7.18. The quantitative estimate of drug-likeness (QED) is 0.0720. The summed E-state index contributed by atoms with van der Waals surface area (Å²) >= 11 is 6.25. The fourth-order valence-corrected chi connectivity index (χ4v) is 10.4. The number of piperazine rings is 2. The molecule has 8 rings (SSSR count). The summed E-state index contributed by atoms with van der Waals surface area (Å²) in [5, 5.41) is 7.46. The highest BCUT2D eigenvalue weighted by molar-refractivity contribution is 7.92. The maximum Gasteiger partial charge on any atom is 0.501 e. The number of aromatic nitrogens is 2. The lowest BCUT2D eigenvalue weighted by molar-refractivity contribution is -0.0435. The number of nitrogens with one attached hydrogen (secondary N) is 4. The molecule has 0 radical (unpaired) electrons. The minimum atomic E-state index is -6.03. The first-order chi connectivity index (χ1) is 32.4. The molecule has 0 atom stereocenters. The van der Waals surface area contributed by atoms with Gasteiger partial charge in [-0.2, -0.15) is 13.2 Å². The fraction of sp³-hybridized carbons (Fsp3) is 0.319. The van der Waals surface area contributed by atoms with Crippen LogP contribution >= 0.6 is 11.6 Å². The number of anilines is 3. The van der Waals surface area contributed by atoms with Crippen molar-refractivity contribution in [3.63, 3.8) is 0 Å². The zero-order valence-electron chi connectivity index (χ0n) is 37.3. The highest BCUT2D eigenvalue weighted by Gasteiger charge is 2.48. The van der Waals surface area contributed by atoms with E-state index in [1.54, 1.807) is 44.6 Å². The summed E-state index contributed by atoms with van der Waals surface area (Å²) in [4.78, 5) is 27.9. The van der Waals surface area contributed by atoms with E-state index >= 15 is 0 Å². The van der Waals surface area contributed by atoms with E-state index in [1.165, 1.54) is 23.5 Å². The van der Waals surface area contributed by atoms with E-state index in [0.29, 0.717) is 73.5 Å². The number of sulfone groups is 1. The van der Waals surface area contributed by atoms with Crippen molar-refractivity contribution < 1.29 is 39.5 Å². The number of pyridine rings is 1. The average molecular weight is 995 g/mol. The van der Waals surface area contributed by atoms with Gasteiger partial charge in [0.1, 0.15) is 22.0 Å². The largest absolute Gasteiger partial charge is 0.501 e. The van der Waals surface area contributed by atoms with Gasteiger partial charge in [0.05, 0.1) is 22.3 Å². The molecule has 4 aromatic carbocycles. The summed E-state index contributed by atoms with van der Waals surface area (Å²) in [6.07, 6.45) is 3.59. The molecule has 2 aliphatic heterocycles. The van der Waals surface area contributed by atoms with Gasteiger partial charge >= 0.3 is 5.51 Å². The van der Waals surface area contributed by atoms with E-state index in [1.807, 2.05) is 33.9 Å². The number of alkyl halides is 3. The molecule has 360 valence electrons. The van der Waals surface area contributed by atoms with Crippen LogP contribution in [0.4, 0.5) is 30.2 Å². The number of aromatic amines is 1. The van der Waals surface area contributed by atoms with Crippen LogP contribution in [0.2, 0.25) is 5.02 Å². The van der Waals surface area contributed by atoms with Gasteiger partial charge in [-0.05, 0) is 110 Å². The van der Waals surface area contributed by atoms with Gasteiger partial charge in [-0.15, -0.1) is 0 Å². The zero-order valence-corrected chi connectivity index (χ0v) is 39.7.